The average molecular weight is 281 g/mol. The highest BCUT2D eigenvalue weighted by molar-refractivity contribution is 5.82. The fourth-order valence-electron chi connectivity index (χ4n) is 2.09. The molecule has 1 rings (SSSR count). The molecule has 1 heterocycles. The highest BCUT2D eigenvalue weighted by atomic mass is 19.4. The Labute approximate surface area is 111 Å². The lowest BCUT2D eigenvalue weighted by Crippen LogP contribution is -2.55. The number of nitrogens with two attached hydrogens (primary N) is 1. The van der Waals surface area contributed by atoms with Gasteiger partial charge in [0.2, 0.25) is 5.91 Å². The molecule has 0 aromatic rings. The third kappa shape index (κ3) is 4.99. The summed E-state index contributed by atoms with van der Waals surface area (Å²) in [7, 11) is 0. The molecule has 0 saturated carbocycles. The predicted octanol–water partition coefficient (Wildman–Crippen LogP) is 1.07. The quantitative estimate of drug-likeness (QED) is 0.838. The van der Waals surface area contributed by atoms with Crippen molar-refractivity contribution in [1.29, 1.82) is 0 Å². The van der Waals surface area contributed by atoms with Gasteiger partial charge in [0.05, 0.1) is 12.6 Å². The van der Waals surface area contributed by atoms with Crippen LogP contribution in [0.1, 0.15) is 20.3 Å². The molecule has 0 bridgehead atoms. The number of rotatable bonds is 4. The number of hydrogen-bond donors (Lipinski definition) is 1. The van der Waals surface area contributed by atoms with E-state index in [0.717, 1.165) is 6.42 Å². The zero-order chi connectivity index (χ0) is 14.6. The van der Waals surface area contributed by atoms with Crippen molar-refractivity contribution in [1.82, 2.24) is 9.80 Å². The molecule has 1 fully saturated rings. The monoisotopic (exact) mass is 281 g/mol. The number of nitrogens with zero attached hydrogens (tertiary/aromatic N) is 2. The standard InChI is InChI=1S/C12H22F3N3O/c1-3-9(2)10(16)11(19)18-6-4-17(5-7-18)8-12(13,14)15/h9-10H,3-8,16H2,1-2H3/t9-,10-/m0/s1. The lowest BCUT2D eigenvalue weighted by Gasteiger charge is -2.36. The molecule has 1 saturated heterocycles. The van der Waals surface area contributed by atoms with Crippen LogP contribution in [0.5, 0.6) is 0 Å². The summed E-state index contributed by atoms with van der Waals surface area (Å²) < 4.78 is 36.7. The van der Waals surface area contributed by atoms with Crippen molar-refractivity contribution in [3.05, 3.63) is 0 Å². The maximum atomic E-state index is 12.2. The summed E-state index contributed by atoms with van der Waals surface area (Å²) in [5, 5.41) is 0. The van der Waals surface area contributed by atoms with Gasteiger partial charge < -0.3 is 10.6 Å². The Morgan fingerprint density at radius 2 is 1.79 bits per heavy atom. The maximum absolute atomic E-state index is 12.2. The topological polar surface area (TPSA) is 49.6 Å². The second kappa shape index (κ2) is 6.56. The van der Waals surface area contributed by atoms with Crippen molar-refractivity contribution in [3.8, 4) is 0 Å². The first-order chi connectivity index (χ1) is 8.74. The zero-order valence-electron chi connectivity index (χ0n) is 11.4. The maximum Gasteiger partial charge on any atom is 0.401 e. The minimum absolute atomic E-state index is 0.0840. The normalized spacial score (nSPS) is 21.3. The Balaban J connectivity index is 2.43. The van der Waals surface area contributed by atoms with Crippen LogP contribution in [-0.2, 0) is 4.79 Å². The molecule has 19 heavy (non-hydrogen) atoms. The van der Waals surface area contributed by atoms with E-state index in [4.69, 9.17) is 5.73 Å². The number of carbonyl (C=O) groups is 1. The molecule has 0 aromatic heterocycles. The van der Waals surface area contributed by atoms with Crippen molar-refractivity contribution in [2.75, 3.05) is 32.7 Å². The minimum atomic E-state index is -4.18. The molecule has 0 aromatic carbocycles. The summed E-state index contributed by atoms with van der Waals surface area (Å²) in [5.74, 6) is -0.0679. The van der Waals surface area contributed by atoms with E-state index in [2.05, 4.69) is 0 Å². The average Bonchev–Trinajstić information content (AvgIpc) is 2.35. The first kappa shape index (κ1) is 16.2. The number of halogens is 3. The van der Waals surface area contributed by atoms with Gasteiger partial charge in [-0.05, 0) is 5.92 Å². The van der Waals surface area contributed by atoms with E-state index < -0.39 is 18.8 Å². The fourth-order valence-corrected chi connectivity index (χ4v) is 2.09. The molecule has 0 radical (unpaired) electrons. The highest BCUT2D eigenvalue weighted by Crippen LogP contribution is 2.18. The van der Waals surface area contributed by atoms with Gasteiger partial charge in [-0.25, -0.2) is 0 Å². The van der Waals surface area contributed by atoms with Crippen LogP contribution in [0.15, 0.2) is 0 Å². The smallest absolute Gasteiger partial charge is 0.339 e. The summed E-state index contributed by atoms with van der Waals surface area (Å²) in [6.45, 7) is 4.09. The van der Waals surface area contributed by atoms with Crippen LogP contribution in [0.4, 0.5) is 13.2 Å². The van der Waals surface area contributed by atoms with Crippen molar-refractivity contribution >= 4 is 5.91 Å². The number of alkyl halides is 3. The molecule has 0 unspecified atom stereocenters. The van der Waals surface area contributed by atoms with E-state index >= 15 is 0 Å². The van der Waals surface area contributed by atoms with Crippen molar-refractivity contribution in [2.45, 2.75) is 32.5 Å². The number of piperazine rings is 1. The third-order valence-corrected chi connectivity index (χ3v) is 3.63. The minimum Gasteiger partial charge on any atom is -0.339 e. The number of hydrogen-bond acceptors (Lipinski definition) is 3. The van der Waals surface area contributed by atoms with E-state index in [1.807, 2.05) is 13.8 Å². The zero-order valence-corrected chi connectivity index (χ0v) is 11.4. The van der Waals surface area contributed by atoms with Crippen LogP contribution in [0.3, 0.4) is 0 Å². The van der Waals surface area contributed by atoms with Crippen molar-refractivity contribution in [2.24, 2.45) is 11.7 Å². The first-order valence-corrected chi connectivity index (χ1v) is 6.58. The SMILES string of the molecule is CC[C@H](C)[C@H](N)C(=O)N1CCN(CC(F)(F)F)CC1. The number of carbonyl (C=O) groups excluding carboxylic acids is 1. The summed E-state index contributed by atoms with van der Waals surface area (Å²) in [6, 6.07) is -0.556. The molecule has 0 aliphatic carbocycles. The Morgan fingerprint density at radius 3 is 2.21 bits per heavy atom. The molecule has 1 aliphatic heterocycles. The second-order valence-electron chi connectivity index (χ2n) is 5.13. The van der Waals surface area contributed by atoms with Gasteiger partial charge in [-0.2, -0.15) is 13.2 Å². The molecule has 0 spiro atoms. The van der Waals surface area contributed by atoms with Crippen LogP contribution in [-0.4, -0.2) is 60.6 Å². The van der Waals surface area contributed by atoms with Crippen molar-refractivity contribution < 1.29 is 18.0 Å². The van der Waals surface area contributed by atoms with Gasteiger partial charge in [0.15, 0.2) is 0 Å². The van der Waals surface area contributed by atoms with E-state index in [1.165, 1.54) is 4.90 Å². The van der Waals surface area contributed by atoms with E-state index in [-0.39, 0.29) is 24.9 Å². The van der Waals surface area contributed by atoms with E-state index in [1.54, 1.807) is 4.90 Å². The first-order valence-electron chi connectivity index (χ1n) is 6.58. The van der Waals surface area contributed by atoms with Gasteiger partial charge in [0, 0.05) is 26.2 Å². The van der Waals surface area contributed by atoms with Crippen LogP contribution in [0, 0.1) is 5.92 Å². The fraction of sp³-hybridized carbons (Fsp3) is 0.917. The van der Waals surface area contributed by atoms with Gasteiger partial charge in [-0.1, -0.05) is 20.3 Å². The molecule has 2 atom stereocenters. The Hall–Kier alpha value is -0.820. The largest absolute Gasteiger partial charge is 0.401 e. The van der Waals surface area contributed by atoms with Crippen LogP contribution < -0.4 is 5.73 Å². The Bertz CT molecular complexity index is 301. The third-order valence-electron chi connectivity index (χ3n) is 3.63. The summed E-state index contributed by atoms with van der Waals surface area (Å²) in [4.78, 5) is 14.9. The molecular formula is C12H22F3N3O. The van der Waals surface area contributed by atoms with Gasteiger partial charge >= 0.3 is 6.18 Å². The van der Waals surface area contributed by atoms with Crippen LogP contribution >= 0.6 is 0 Å². The lowest BCUT2D eigenvalue weighted by molar-refractivity contribution is -0.152. The molecule has 7 heteroatoms. The predicted molar refractivity (Wildman–Crippen MR) is 66.5 cm³/mol. The van der Waals surface area contributed by atoms with E-state index in [9.17, 15) is 18.0 Å². The number of amides is 1. The molecule has 2 N–H and O–H groups in total. The molecule has 1 aliphatic rings. The molecule has 4 nitrogen and oxygen atoms in total. The van der Waals surface area contributed by atoms with Gasteiger partial charge in [-0.15, -0.1) is 0 Å². The second-order valence-corrected chi connectivity index (χ2v) is 5.13. The van der Waals surface area contributed by atoms with Gasteiger partial charge in [0.25, 0.3) is 0 Å². The van der Waals surface area contributed by atoms with Crippen LogP contribution in [0.25, 0.3) is 0 Å². The van der Waals surface area contributed by atoms with Crippen LogP contribution in [0.2, 0.25) is 0 Å². The Morgan fingerprint density at radius 1 is 1.26 bits per heavy atom. The van der Waals surface area contributed by atoms with Gasteiger partial charge in [-0.3, -0.25) is 9.69 Å². The van der Waals surface area contributed by atoms with Gasteiger partial charge in [0.1, 0.15) is 0 Å². The molecule has 1 amide bonds. The highest BCUT2D eigenvalue weighted by Gasteiger charge is 2.34. The summed E-state index contributed by atoms with van der Waals surface area (Å²) >= 11 is 0. The lowest BCUT2D eigenvalue weighted by atomic mass is 9.98. The summed E-state index contributed by atoms with van der Waals surface area (Å²) in [5.41, 5.74) is 5.85. The molecule has 112 valence electrons. The Kier molecular flexibility index (Phi) is 5.61. The molecular weight excluding hydrogens is 259 g/mol. The van der Waals surface area contributed by atoms with E-state index in [0.29, 0.717) is 13.1 Å². The summed E-state index contributed by atoms with van der Waals surface area (Å²) in [6.07, 6.45) is -3.37. The van der Waals surface area contributed by atoms with Crippen molar-refractivity contribution in [3.63, 3.8) is 0 Å².